The summed E-state index contributed by atoms with van der Waals surface area (Å²) < 4.78 is 1.25. The van der Waals surface area contributed by atoms with E-state index in [0.29, 0.717) is 11.4 Å². The van der Waals surface area contributed by atoms with Crippen molar-refractivity contribution in [3.63, 3.8) is 0 Å². The molecule has 3 rings (SSSR count). The Kier molecular flexibility index (Phi) is 6.45. The number of hydrogen-bond donors (Lipinski definition) is 1. The highest BCUT2D eigenvalue weighted by Gasteiger charge is 2.10. The molecule has 0 aliphatic carbocycles. The van der Waals surface area contributed by atoms with Crippen LogP contribution in [0.2, 0.25) is 5.02 Å². The normalized spacial score (nSPS) is 11.0. The second-order valence-corrected chi connectivity index (χ2v) is 6.44. The van der Waals surface area contributed by atoms with Crippen LogP contribution in [0.5, 0.6) is 0 Å². The van der Waals surface area contributed by atoms with Crippen LogP contribution in [0.3, 0.4) is 0 Å². The minimum atomic E-state index is -0.406. The Hall–Kier alpha value is -3.12. The summed E-state index contributed by atoms with van der Waals surface area (Å²) in [4.78, 5) is 14.7. The highest BCUT2D eigenvalue weighted by Crippen LogP contribution is 2.17. The molecule has 0 saturated heterocycles. The third kappa shape index (κ3) is 4.40. The lowest BCUT2D eigenvalue weighted by atomic mass is 10.2. The average molecular weight is 396 g/mol. The molecule has 144 valence electrons. The van der Waals surface area contributed by atoms with Crippen LogP contribution in [0.15, 0.2) is 70.7 Å². The topological polar surface area (TPSA) is 62.5 Å². The first kappa shape index (κ1) is 19.6. The van der Waals surface area contributed by atoms with E-state index in [0.717, 1.165) is 18.7 Å². The zero-order valence-electron chi connectivity index (χ0n) is 15.8. The number of hydrogen-bond acceptors (Lipinski definition) is 5. The number of benzene rings is 2. The van der Waals surface area contributed by atoms with Gasteiger partial charge in [0.25, 0.3) is 5.56 Å². The molecule has 0 amide bonds. The van der Waals surface area contributed by atoms with E-state index in [-0.39, 0.29) is 5.02 Å². The Bertz CT molecular complexity index is 996. The van der Waals surface area contributed by atoms with Crippen molar-refractivity contribution in [1.29, 1.82) is 0 Å². The van der Waals surface area contributed by atoms with Gasteiger partial charge in [-0.25, -0.2) is 0 Å². The van der Waals surface area contributed by atoms with Gasteiger partial charge < -0.3 is 4.90 Å². The zero-order chi connectivity index (χ0) is 19.9. The Morgan fingerprint density at radius 2 is 1.79 bits per heavy atom. The number of nitrogens with zero attached hydrogens (tertiary/aromatic N) is 4. The van der Waals surface area contributed by atoms with E-state index in [1.165, 1.54) is 16.6 Å². The fourth-order valence-corrected chi connectivity index (χ4v) is 2.97. The maximum absolute atomic E-state index is 12.5. The van der Waals surface area contributed by atoms with Gasteiger partial charge in [-0.15, -0.1) is 0 Å². The number of rotatable bonds is 7. The van der Waals surface area contributed by atoms with Crippen molar-refractivity contribution >= 4 is 29.2 Å². The summed E-state index contributed by atoms with van der Waals surface area (Å²) in [6, 6.07) is 17.2. The van der Waals surface area contributed by atoms with E-state index in [1.807, 2.05) is 30.3 Å². The maximum atomic E-state index is 12.5. The van der Waals surface area contributed by atoms with Crippen molar-refractivity contribution < 1.29 is 0 Å². The molecule has 0 aliphatic heterocycles. The molecule has 1 N–H and O–H groups in total. The van der Waals surface area contributed by atoms with E-state index >= 15 is 0 Å². The lowest BCUT2D eigenvalue weighted by Gasteiger charge is -2.20. The second kappa shape index (κ2) is 9.19. The number of halogens is 1. The number of anilines is 2. The smallest absolute Gasteiger partial charge is 0.292 e. The molecular weight excluding hydrogens is 374 g/mol. The Balaban J connectivity index is 1.72. The van der Waals surface area contributed by atoms with Gasteiger partial charge in [0.2, 0.25) is 0 Å². The van der Waals surface area contributed by atoms with E-state index < -0.39 is 5.56 Å². The molecule has 0 spiro atoms. The molecule has 0 radical (unpaired) electrons. The van der Waals surface area contributed by atoms with Gasteiger partial charge in [0.05, 0.1) is 18.1 Å². The van der Waals surface area contributed by atoms with E-state index in [1.54, 1.807) is 18.3 Å². The van der Waals surface area contributed by atoms with Gasteiger partial charge in [0.15, 0.2) is 0 Å². The minimum Gasteiger partial charge on any atom is -0.372 e. The molecule has 7 heteroatoms. The Labute approximate surface area is 169 Å². The van der Waals surface area contributed by atoms with E-state index in [4.69, 9.17) is 11.6 Å². The van der Waals surface area contributed by atoms with Gasteiger partial charge in [-0.2, -0.15) is 14.9 Å². The lowest BCUT2D eigenvalue weighted by molar-refractivity contribution is 0.808. The zero-order valence-corrected chi connectivity index (χ0v) is 16.6. The van der Waals surface area contributed by atoms with Crippen molar-refractivity contribution in [2.75, 3.05) is 23.4 Å². The summed E-state index contributed by atoms with van der Waals surface area (Å²) in [6.45, 7) is 6.19. The minimum absolute atomic E-state index is 0.0351. The van der Waals surface area contributed by atoms with Gasteiger partial charge >= 0.3 is 0 Å². The summed E-state index contributed by atoms with van der Waals surface area (Å²) in [5.41, 5.74) is 5.50. The maximum Gasteiger partial charge on any atom is 0.292 e. The summed E-state index contributed by atoms with van der Waals surface area (Å²) in [7, 11) is 0. The fraction of sp³-hybridized carbons (Fsp3) is 0.190. The standard InChI is InChI=1S/C21H22ClN5O/c1-3-26(4-2)17-12-10-16(11-13-17)14-23-25-19-15-24-27(21(28)20(19)22)18-8-6-5-7-9-18/h5-15,25H,3-4H2,1-2H3/b23-14+. The van der Waals surface area contributed by atoms with Crippen molar-refractivity contribution in [3.8, 4) is 5.69 Å². The predicted molar refractivity (Wildman–Crippen MR) is 116 cm³/mol. The van der Waals surface area contributed by atoms with Gasteiger partial charge in [-0.1, -0.05) is 41.9 Å². The van der Waals surface area contributed by atoms with Crippen LogP contribution >= 0.6 is 11.6 Å². The molecule has 2 aromatic carbocycles. The SMILES string of the molecule is CCN(CC)c1ccc(/C=N/Nc2cnn(-c3ccccc3)c(=O)c2Cl)cc1. The Morgan fingerprint density at radius 3 is 2.43 bits per heavy atom. The van der Waals surface area contributed by atoms with Crippen molar-refractivity contribution in [1.82, 2.24) is 9.78 Å². The number of para-hydroxylation sites is 1. The molecule has 28 heavy (non-hydrogen) atoms. The van der Waals surface area contributed by atoms with Crippen LogP contribution in [0.1, 0.15) is 19.4 Å². The van der Waals surface area contributed by atoms with Crippen LogP contribution in [0.4, 0.5) is 11.4 Å². The highest BCUT2D eigenvalue weighted by molar-refractivity contribution is 6.32. The predicted octanol–water partition coefficient (Wildman–Crippen LogP) is 4.18. The number of hydrazone groups is 1. The molecule has 0 fully saturated rings. The molecule has 0 unspecified atom stereocenters. The molecule has 1 heterocycles. The van der Waals surface area contributed by atoms with Gasteiger partial charge in [0, 0.05) is 18.8 Å². The van der Waals surface area contributed by atoms with Gasteiger partial charge in [0.1, 0.15) is 10.7 Å². The average Bonchev–Trinajstić information content (AvgIpc) is 2.74. The monoisotopic (exact) mass is 395 g/mol. The first-order valence-electron chi connectivity index (χ1n) is 9.11. The van der Waals surface area contributed by atoms with E-state index in [9.17, 15) is 4.79 Å². The fourth-order valence-electron chi connectivity index (χ4n) is 2.80. The molecule has 3 aromatic rings. The van der Waals surface area contributed by atoms with Crippen molar-refractivity contribution in [2.24, 2.45) is 5.10 Å². The molecule has 0 saturated carbocycles. The van der Waals surface area contributed by atoms with Crippen molar-refractivity contribution in [2.45, 2.75) is 13.8 Å². The van der Waals surface area contributed by atoms with Gasteiger partial charge in [-0.3, -0.25) is 10.2 Å². The Morgan fingerprint density at radius 1 is 1.11 bits per heavy atom. The quantitative estimate of drug-likeness (QED) is 0.481. The molecule has 0 bridgehead atoms. The molecular formula is C21H22ClN5O. The van der Waals surface area contributed by atoms with Crippen molar-refractivity contribution in [3.05, 3.63) is 81.7 Å². The summed E-state index contributed by atoms with van der Waals surface area (Å²) in [6.07, 6.45) is 3.16. The first-order valence-corrected chi connectivity index (χ1v) is 9.49. The molecule has 0 atom stereocenters. The van der Waals surface area contributed by atoms with Crippen LogP contribution in [-0.4, -0.2) is 29.1 Å². The summed E-state index contributed by atoms with van der Waals surface area (Å²) in [5.74, 6) is 0. The number of nitrogens with one attached hydrogen (secondary N) is 1. The van der Waals surface area contributed by atoms with Crippen LogP contribution in [0.25, 0.3) is 5.69 Å². The largest absolute Gasteiger partial charge is 0.372 e. The first-order chi connectivity index (χ1) is 13.6. The lowest BCUT2D eigenvalue weighted by Crippen LogP contribution is -2.22. The molecule has 0 aliphatic rings. The highest BCUT2D eigenvalue weighted by atomic mass is 35.5. The summed E-state index contributed by atoms with van der Waals surface area (Å²) >= 11 is 6.20. The molecule has 6 nitrogen and oxygen atoms in total. The van der Waals surface area contributed by atoms with E-state index in [2.05, 4.69) is 46.5 Å². The van der Waals surface area contributed by atoms with Crippen LogP contribution in [-0.2, 0) is 0 Å². The van der Waals surface area contributed by atoms with Crippen LogP contribution in [0, 0.1) is 0 Å². The third-order valence-electron chi connectivity index (χ3n) is 4.34. The number of aromatic nitrogens is 2. The second-order valence-electron chi connectivity index (χ2n) is 6.06. The van der Waals surface area contributed by atoms with Crippen LogP contribution < -0.4 is 15.9 Å². The van der Waals surface area contributed by atoms with Gasteiger partial charge in [-0.05, 0) is 43.7 Å². The third-order valence-corrected chi connectivity index (χ3v) is 4.71. The molecule has 1 aromatic heterocycles. The summed E-state index contributed by atoms with van der Waals surface area (Å²) in [5, 5.41) is 8.37.